The average Bonchev–Trinajstić information content (AvgIpc) is 3.23. The van der Waals surface area contributed by atoms with Crippen molar-refractivity contribution >= 4 is 27.6 Å². The van der Waals surface area contributed by atoms with Crippen molar-refractivity contribution in [2.24, 2.45) is 0 Å². The number of amides is 1. The van der Waals surface area contributed by atoms with E-state index >= 15 is 0 Å². The highest BCUT2D eigenvalue weighted by Gasteiger charge is 2.32. The maximum absolute atomic E-state index is 12.7. The van der Waals surface area contributed by atoms with Crippen LogP contribution in [0.4, 0.5) is 11.6 Å². The first-order valence-corrected chi connectivity index (χ1v) is 13.4. The van der Waals surface area contributed by atoms with Gasteiger partial charge in [-0.15, -0.1) is 0 Å². The highest BCUT2D eigenvalue weighted by molar-refractivity contribution is 7.92. The van der Waals surface area contributed by atoms with E-state index in [0.29, 0.717) is 23.6 Å². The van der Waals surface area contributed by atoms with Crippen LogP contribution in [0.3, 0.4) is 0 Å². The maximum atomic E-state index is 12.7. The van der Waals surface area contributed by atoms with Gasteiger partial charge in [0.05, 0.1) is 4.90 Å². The van der Waals surface area contributed by atoms with E-state index in [4.69, 9.17) is 9.47 Å². The molecule has 194 valence electrons. The lowest BCUT2D eigenvalue weighted by Crippen LogP contribution is -2.24. The van der Waals surface area contributed by atoms with E-state index < -0.39 is 10.0 Å². The highest BCUT2D eigenvalue weighted by atomic mass is 32.2. The molecule has 1 aliphatic heterocycles. The van der Waals surface area contributed by atoms with E-state index in [2.05, 4.69) is 33.9 Å². The molecule has 1 amide bonds. The van der Waals surface area contributed by atoms with Crippen LogP contribution in [0.25, 0.3) is 0 Å². The van der Waals surface area contributed by atoms with Crippen molar-refractivity contribution in [1.29, 1.82) is 0 Å². The molecule has 0 aliphatic carbocycles. The van der Waals surface area contributed by atoms with Gasteiger partial charge >= 0.3 is 0 Å². The van der Waals surface area contributed by atoms with Crippen LogP contribution in [0.2, 0.25) is 0 Å². The van der Waals surface area contributed by atoms with Crippen LogP contribution < -0.4 is 19.5 Å². The van der Waals surface area contributed by atoms with Gasteiger partial charge in [-0.25, -0.2) is 23.1 Å². The lowest BCUT2D eigenvalue weighted by Gasteiger charge is -2.18. The summed E-state index contributed by atoms with van der Waals surface area (Å²) in [6.07, 6.45) is 3.71. The molecule has 0 atom stereocenters. The Labute approximate surface area is 220 Å². The van der Waals surface area contributed by atoms with Crippen molar-refractivity contribution in [3.05, 3.63) is 102 Å². The number of aromatic nitrogens is 2. The number of carbonyl (C=O) groups is 1. The molecular weight excluding hydrogens is 504 g/mol. The minimum Gasteiger partial charge on any atom is -0.485 e. The summed E-state index contributed by atoms with van der Waals surface area (Å²) in [6, 6.07) is 20.4. The van der Waals surface area contributed by atoms with Crippen molar-refractivity contribution in [1.82, 2.24) is 9.97 Å². The minimum absolute atomic E-state index is 0.0188. The molecule has 9 nitrogen and oxygen atoms in total. The van der Waals surface area contributed by atoms with Crippen LogP contribution in [-0.4, -0.2) is 29.9 Å². The summed E-state index contributed by atoms with van der Waals surface area (Å²) >= 11 is 0. The second-order valence-electron chi connectivity index (χ2n) is 9.42. The molecule has 0 spiro atoms. The zero-order chi connectivity index (χ0) is 26.8. The van der Waals surface area contributed by atoms with E-state index in [1.165, 1.54) is 36.7 Å². The van der Waals surface area contributed by atoms with E-state index in [1.807, 2.05) is 30.3 Å². The lowest BCUT2D eigenvalue weighted by molar-refractivity contribution is 0.102. The van der Waals surface area contributed by atoms with Gasteiger partial charge in [-0.3, -0.25) is 4.79 Å². The van der Waals surface area contributed by atoms with Gasteiger partial charge in [0.1, 0.15) is 12.2 Å². The van der Waals surface area contributed by atoms with Crippen LogP contribution in [0.1, 0.15) is 35.3 Å². The van der Waals surface area contributed by atoms with Gasteiger partial charge in [0.25, 0.3) is 15.9 Å². The first kappa shape index (κ1) is 25.2. The molecule has 5 rings (SSSR count). The molecule has 0 saturated heterocycles. The van der Waals surface area contributed by atoms with Crippen molar-refractivity contribution in [3.63, 3.8) is 0 Å². The number of benzene rings is 3. The molecule has 0 radical (unpaired) electrons. The Hall–Kier alpha value is -4.44. The largest absolute Gasteiger partial charge is 0.485 e. The number of hydrogen-bond acceptors (Lipinski definition) is 7. The van der Waals surface area contributed by atoms with Crippen LogP contribution in [0, 0.1) is 0 Å². The monoisotopic (exact) mass is 530 g/mol. The molecule has 0 fully saturated rings. The van der Waals surface area contributed by atoms with Gasteiger partial charge in [0.2, 0.25) is 5.95 Å². The third kappa shape index (κ3) is 5.76. The van der Waals surface area contributed by atoms with E-state index in [1.54, 1.807) is 18.2 Å². The number of carbonyl (C=O) groups excluding carboxylic acids is 1. The van der Waals surface area contributed by atoms with Crippen LogP contribution in [-0.2, 0) is 23.1 Å². The smallest absolute Gasteiger partial charge is 0.264 e. The average molecular weight is 531 g/mol. The van der Waals surface area contributed by atoms with Crippen molar-refractivity contribution in [2.75, 3.05) is 10.0 Å². The summed E-state index contributed by atoms with van der Waals surface area (Å²) in [5, 5.41) is 2.77. The molecule has 3 aromatic carbocycles. The fourth-order valence-electron chi connectivity index (χ4n) is 4.07. The van der Waals surface area contributed by atoms with Crippen LogP contribution in [0.15, 0.2) is 90.1 Å². The molecule has 0 saturated carbocycles. The topological polar surface area (TPSA) is 120 Å². The lowest BCUT2D eigenvalue weighted by atomic mass is 10.0. The highest BCUT2D eigenvalue weighted by Crippen LogP contribution is 2.42. The van der Waals surface area contributed by atoms with Crippen LogP contribution in [0.5, 0.6) is 11.5 Å². The molecule has 4 aromatic rings. The number of ether oxygens (including phenoxy) is 2. The first-order valence-electron chi connectivity index (χ1n) is 11.9. The zero-order valence-electron chi connectivity index (χ0n) is 20.8. The maximum Gasteiger partial charge on any atom is 0.264 e. The Morgan fingerprint density at radius 1 is 0.974 bits per heavy atom. The number of nitrogens with one attached hydrogen (secondary N) is 2. The van der Waals surface area contributed by atoms with Crippen LogP contribution >= 0.6 is 0 Å². The molecule has 0 bridgehead atoms. The second-order valence-corrected chi connectivity index (χ2v) is 11.1. The number of sulfonamides is 1. The molecular formula is C28H26N4O5S. The fraction of sp³-hybridized carbons (Fsp3) is 0.179. The molecule has 2 N–H and O–H groups in total. The van der Waals surface area contributed by atoms with Crippen molar-refractivity contribution in [2.45, 2.75) is 37.4 Å². The van der Waals surface area contributed by atoms with Gasteiger partial charge in [-0.05, 0) is 67.9 Å². The predicted octanol–water partition coefficient (Wildman–Crippen LogP) is 4.82. The number of anilines is 2. The molecule has 1 aromatic heterocycles. The molecule has 2 heterocycles. The van der Waals surface area contributed by atoms with Gasteiger partial charge in [-0.1, -0.05) is 24.3 Å². The molecule has 0 unspecified atom stereocenters. The number of rotatable bonds is 8. The van der Waals surface area contributed by atoms with E-state index in [0.717, 1.165) is 23.3 Å². The second kappa shape index (κ2) is 10.1. The third-order valence-corrected chi connectivity index (χ3v) is 7.22. The van der Waals surface area contributed by atoms with Gasteiger partial charge in [0, 0.05) is 35.6 Å². The number of nitrogens with zero attached hydrogens (tertiary/aromatic N) is 2. The van der Waals surface area contributed by atoms with E-state index in [-0.39, 0.29) is 22.4 Å². The van der Waals surface area contributed by atoms with E-state index in [9.17, 15) is 13.2 Å². The molecule has 10 heteroatoms. The summed E-state index contributed by atoms with van der Waals surface area (Å²) in [5.74, 6) is 1.15. The third-order valence-electron chi connectivity index (χ3n) is 5.88. The Morgan fingerprint density at radius 3 is 2.39 bits per heavy atom. The van der Waals surface area contributed by atoms with Gasteiger partial charge in [0.15, 0.2) is 11.5 Å². The SMILES string of the molecule is CC1(C)Cc2cccc(OCc3ccc(C(=O)Nc4ccc(S(=O)(=O)Nc5ncccn5)cc4)cc3)c2O1. The Balaban J connectivity index is 1.18. The Kier molecular flexibility index (Phi) is 6.73. The quantitative estimate of drug-likeness (QED) is 0.335. The summed E-state index contributed by atoms with van der Waals surface area (Å²) in [7, 11) is -3.86. The molecule has 38 heavy (non-hydrogen) atoms. The summed E-state index contributed by atoms with van der Waals surface area (Å²) in [4.78, 5) is 20.4. The van der Waals surface area contributed by atoms with Crippen molar-refractivity contribution in [3.8, 4) is 11.5 Å². The van der Waals surface area contributed by atoms with Gasteiger partial charge < -0.3 is 14.8 Å². The Morgan fingerprint density at radius 2 is 1.68 bits per heavy atom. The number of para-hydroxylation sites is 1. The summed E-state index contributed by atoms with van der Waals surface area (Å²) < 4.78 is 39.4. The summed E-state index contributed by atoms with van der Waals surface area (Å²) in [5.41, 5.74) is 2.70. The summed E-state index contributed by atoms with van der Waals surface area (Å²) in [6.45, 7) is 4.44. The molecule has 1 aliphatic rings. The van der Waals surface area contributed by atoms with Crippen molar-refractivity contribution < 1.29 is 22.7 Å². The Bertz CT molecular complexity index is 1560. The zero-order valence-corrected chi connectivity index (χ0v) is 21.7. The number of fused-ring (bicyclic) bond motifs is 1. The number of hydrogen-bond donors (Lipinski definition) is 2. The minimum atomic E-state index is -3.86. The normalized spacial score (nSPS) is 13.7. The standard InChI is InChI=1S/C28H26N4O5S/c1-28(2)17-21-5-3-6-24(25(21)37-28)36-18-19-7-9-20(10-8-19)26(33)31-22-11-13-23(14-12-22)38(34,35)32-27-29-15-4-16-30-27/h3-16H,17-18H2,1-2H3,(H,31,33)(H,29,30,32). The van der Waals surface area contributed by atoms with Gasteiger partial charge in [-0.2, -0.15) is 0 Å². The fourth-order valence-corrected chi connectivity index (χ4v) is 5.02. The predicted molar refractivity (Wildman–Crippen MR) is 143 cm³/mol. The first-order chi connectivity index (χ1) is 18.2.